The number of benzene rings is 3. The van der Waals surface area contributed by atoms with Crippen LogP contribution in [0.15, 0.2) is 84.9 Å². The lowest BCUT2D eigenvalue weighted by molar-refractivity contribution is -0.0262. The zero-order valence-electron chi connectivity index (χ0n) is 18.9. The molecule has 3 aromatic rings. The van der Waals surface area contributed by atoms with Crippen LogP contribution >= 0.6 is 0 Å². The Labute approximate surface area is 192 Å². The van der Waals surface area contributed by atoms with Crippen LogP contribution in [0, 0.1) is 13.5 Å². The fourth-order valence-corrected chi connectivity index (χ4v) is 4.93. The van der Waals surface area contributed by atoms with Crippen molar-refractivity contribution < 1.29 is 5.11 Å². The summed E-state index contributed by atoms with van der Waals surface area (Å²) in [5.74, 6) is 0. The van der Waals surface area contributed by atoms with E-state index in [1.165, 1.54) is 5.56 Å². The minimum atomic E-state index is -0.724. The lowest BCUT2D eigenvalue weighted by Crippen LogP contribution is -2.43. The predicted octanol–water partition coefficient (Wildman–Crippen LogP) is 5.92. The summed E-state index contributed by atoms with van der Waals surface area (Å²) in [4.78, 5) is 6.64. The Hall–Kier alpha value is -2.93. The van der Waals surface area contributed by atoms with E-state index in [-0.39, 0.29) is 0 Å². The Kier molecular flexibility index (Phi) is 6.74. The summed E-state index contributed by atoms with van der Waals surface area (Å²) < 4.78 is 0. The van der Waals surface area contributed by atoms with Gasteiger partial charge in [-0.05, 0) is 38.3 Å². The molecule has 3 heteroatoms. The van der Waals surface area contributed by atoms with Gasteiger partial charge in [-0.25, -0.2) is 6.57 Å². The van der Waals surface area contributed by atoms with Gasteiger partial charge in [-0.1, -0.05) is 90.5 Å². The average Bonchev–Trinajstić information content (AvgIpc) is 2.85. The molecule has 0 saturated carbocycles. The summed E-state index contributed by atoms with van der Waals surface area (Å²) in [6, 6.07) is 28.7. The molecule has 1 aliphatic heterocycles. The first-order valence-electron chi connectivity index (χ1n) is 11.6. The van der Waals surface area contributed by atoms with E-state index in [4.69, 9.17) is 6.57 Å². The second-order valence-corrected chi connectivity index (χ2v) is 9.05. The van der Waals surface area contributed by atoms with Crippen LogP contribution in [0.5, 0.6) is 0 Å². The van der Waals surface area contributed by atoms with Crippen molar-refractivity contribution in [2.75, 3.05) is 19.6 Å². The molecule has 164 valence electrons. The molecule has 0 amide bonds. The summed E-state index contributed by atoms with van der Waals surface area (Å²) in [6.07, 6.45) is 3.22. The van der Waals surface area contributed by atoms with Gasteiger partial charge in [-0.3, -0.25) is 4.85 Å². The molecule has 1 N–H and O–H groups in total. The summed E-state index contributed by atoms with van der Waals surface area (Å²) in [6.45, 7) is 12.9. The van der Waals surface area contributed by atoms with E-state index in [0.29, 0.717) is 0 Å². The maximum absolute atomic E-state index is 11.2. The molecule has 0 bridgehead atoms. The summed E-state index contributed by atoms with van der Waals surface area (Å²) in [5, 5.41) is 11.2. The molecule has 0 unspecified atom stereocenters. The fraction of sp³-hybridized carbons (Fsp3) is 0.345. The average molecular weight is 425 g/mol. The van der Waals surface area contributed by atoms with E-state index in [1.54, 1.807) is 0 Å². The monoisotopic (exact) mass is 424 g/mol. The molecule has 1 fully saturated rings. The quantitative estimate of drug-likeness (QED) is 0.477. The number of hydrogen-bond donors (Lipinski definition) is 1. The number of rotatable bonds is 7. The first kappa shape index (κ1) is 22.3. The Balaban J connectivity index is 1.41. The molecule has 3 aromatic carbocycles. The van der Waals surface area contributed by atoms with Crippen LogP contribution < -0.4 is 0 Å². The third kappa shape index (κ3) is 4.63. The lowest BCUT2D eigenvalue weighted by atomic mass is 9.79. The molecule has 0 spiro atoms. The molecule has 1 saturated heterocycles. The maximum atomic E-state index is 11.2. The van der Waals surface area contributed by atoms with Gasteiger partial charge in [0.1, 0.15) is 0 Å². The second-order valence-electron chi connectivity index (χ2n) is 9.05. The van der Waals surface area contributed by atoms with Crippen molar-refractivity contribution >= 4 is 0 Å². The molecule has 4 rings (SSSR count). The fourth-order valence-electron chi connectivity index (χ4n) is 4.93. The number of piperidine rings is 1. The lowest BCUT2D eigenvalue weighted by Gasteiger charge is -2.38. The molecule has 0 aromatic heterocycles. The van der Waals surface area contributed by atoms with Crippen molar-refractivity contribution in [2.45, 2.75) is 43.7 Å². The molecule has 3 nitrogen and oxygen atoms in total. The van der Waals surface area contributed by atoms with Crippen LogP contribution in [0.2, 0.25) is 0 Å². The van der Waals surface area contributed by atoms with Crippen LogP contribution in [-0.4, -0.2) is 29.6 Å². The number of hydrogen-bond acceptors (Lipinski definition) is 2. The first-order chi connectivity index (χ1) is 15.6. The maximum Gasteiger partial charge on any atom is 0.282 e. The number of likely N-dealkylation sites (tertiary alicyclic amines) is 1. The van der Waals surface area contributed by atoms with Crippen molar-refractivity contribution in [3.05, 3.63) is 119 Å². The predicted molar refractivity (Wildman–Crippen MR) is 130 cm³/mol. The van der Waals surface area contributed by atoms with Crippen LogP contribution in [-0.2, 0) is 11.1 Å². The van der Waals surface area contributed by atoms with Crippen LogP contribution in [0.4, 0.5) is 0 Å². The van der Waals surface area contributed by atoms with Crippen LogP contribution in [0.25, 0.3) is 4.85 Å². The van der Waals surface area contributed by atoms with Crippen molar-refractivity contribution in [3.8, 4) is 0 Å². The molecule has 32 heavy (non-hydrogen) atoms. The third-order valence-electron chi connectivity index (χ3n) is 6.98. The van der Waals surface area contributed by atoms with Crippen molar-refractivity contribution in [2.24, 2.45) is 0 Å². The molecular weight excluding hydrogens is 392 g/mol. The van der Waals surface area contributed by atoms with E-state index in [9.17, 15) is 5.11 Å². The van der Waals surface area contributed by atoms with Gasteiger partial charge in [0.25, 0.3) is 5.54 Å². The number of aliphatic hydroxyl groups is 1. The smallest absolute Gasteiger partial charge is 0.282 e. The Morgan fingerprint density at radius 1 is 0.875 bits per heavy atom. The minimum absolute atomic E-state index is 0.652. The zero-order valence-corrected chi connectivity index (χ0v) is 18.9. The Bertz CT molecular complexity index is 991. The third-order valence-corrected chi connectivity index (χ3v) is 6.98. The van der Waals surface area contributed by atoms with Crippen LogP contribution in [0.3, 0.4) is 0 Å². The van der Waals surface area contributed by atoms with E-state index in [0.717, 1.165) is 62.0 Å². The van der Waals surface area contributed by atoms with Gasteiger partial charge in [0, 0.05) is 30.6 Å². The highest BCUT2D eigenvalue weighted by Crippen LogP contribution is 2.39. The van der Waals surface area contributed by atoms with Crippen LogP contribution in [0.1, 0.15) is 47.9 Å². The van der Waals surface area contributed by atoms with Gasteiger partial charge >= 0.3 is 0 Å². The highest BCUT2D eigenvalue weighted by atomic mass is 16.3. The molecule has 1 aliphatic rings. The Morgan fingerprint density at radius 2 is 1.41 bits per heavy atom. The normalized spacial score (nSPS) is 16.4. The van der Waals surface area contributed by atoms with E-state index in [2.05, 4.69) is 65.2 Å². The molecule has 0 atom stereocenters. The summed E-state index contributed by atoms with van der Waals surface area (Å²) in [5.41, 5.74) is 3.00. The first-order valence-corrected chi connectivity index (χ1v) is 11.6. The number of nitrogens with zero attached hydrogens (tertiary/aromatic N) is 2. The molecule has 0 aliphatic carbocycles. The minimum Gasteiger partial charge on any atom is -0.385 e. The zero-order chi connectivity index (χ0) is 22.4. The molecule has 1 heterocycles. The van der Waals surface area contributed by atoms with Gasteiger partial charge in [0.2, 0.25) is 0 Å². The van der Waals surface area contributed by atoms with Crippen molar-refractivity contribution in [1.29, 1.82) is 0 Å². The van der Waals surface area contributed by atoms with E-state index < -0.39 is 11.1 Å². The summed E-state index contributed by atoms with van der Waals surface area (Å²) in [7, 11) is 0. The Morgan fingerprint density at radius 3 is 1.91 bits per heavy atom. The summed E-state index contributed by atoms with van der Waals surface area (Å²) >= 11 is 0. The van der Waals surface area contributed by atoms with Crippen molar-refractivity contribution in [3.63, 3.8) is 0 Å². The van der Waals surface area contributed by atoms with E-state index in [1.807, 2.05) is 36.4 Å². The highest BCUT2D eigenvalue weighted by molar-refractivity contribution is 5.42. The van der Waals surface area contributed by atoms with Gasteiger partial charge in [-0.15, -0.1) is 0 Å². The van der Waals surface area contributed by atoms with Gasteiger partial charge < -0.3 is 10.0 Å². The highest BCUT2D eigenvalue weighted by Gasteiger charge is 2.41. The van der Waals surface area contributed by atoms with E-state index >= 15 is 0 Å². The molecule has 0 radical (unpaired) electrons. The topological polar surface area (TPSA) is 27.8 Å². The van der Waals surface area contributed by atoms with Gasteiger partial charge in [0.05, 0.1) is 5.60 Å². The SMILES string of the molecule is [C-]#[N+]C(CCCN1CCC(O)(c2ccc(C)cc2)CC1)(c1ccccc1)c1ccccc1. The second kappa shape index (κ2) is 9.69. The van der Waals surface area contributed by atoms with Gasteiger partial charge in [-0.2, -0.15) is 0 Å². The largest absolute Gasteiger partial charge is 0.385 e. The molecular formula is C29H32N2O. The van der Waals surface area contributed by atoms with Gasteiger partial charge in [0.15, 0.2) is 0 Å². The number of aryl methyl sites for hydroxylation is 1. The van der Waals surface area contributed by atoms with Crippen molar-refractivity contribution in [1.82, 2.24) is 4.90 Å². The standard InChI is InChI=1S/C29H32N2O/c1-24-14-16-25(17-15-24)28(32)19-22-31(23-20-28)21-9-18-29(30-2,26-10-5-3-6-11-26)27-12-7-4-8-13-27/h3-8,10-17,32H,9,18-23H2,1H3.